The Kier molecular flexibility index (Phi) is 4.55. The fourth-order valence-corrected chi connectivity index (χ4v) is 3.30. The molecule has 0 aromatic carbocycles. The number of nitrogens with zero attached hydrogens (tertiary/aromatic N) is 4. The number of carbonyl (C=O) groups is 2. The molecule has 8 heteroatoms. The van der Waals surface area contributed by atoms with Gasteiger partial charge in [-0.2, -0.15) is 5.10 Å². The summed E-state index contributed by atoms with van der Waals surface area (Å²) in [4.78, 5) is 31.4. The number of nitrogens with one attached hydrogen (secondary N) is 1. The lowest BCUT2D eigenvalue weighted by Crippen LogP contribution is -2.46. The Balaban J connectivity index is 1.53. The smallest absolute Gasteiger partial charge is 0.275 e. The van der Waals surface area contributed by atoms with Crippen molar-refractivity contribution in [2.24, 2.45) is 7.05 Å². The number of amides is 2. The third-order valence-electron chi connectivity index (χ3n) is 5.02. The van der Waals surface area contributed by atoms with Crippen molar-refractivity contribution < 1.29 is 14.3 Å². The van der Waals surface area contributed by atoms with Crippen molar-refractivity contribution >= 4 is 11.8 Å². The highest BCUT2D eigenvalue weighted by atomic mass is 16.5. The molecule has 2 fully saturated rings. The molecule has 8 nitrogen and oxygen atoms in total. The first-order valence-electron chi connectivity index (χ1n) is 9.20. The Morgan fingerprint density at radius 2 is 2.15 bits per heavy atom. The summed E-state index contributed by atoms with van der Waals surface area (Å²) in [5.41, 5.74) is 1.24. The highest BCUT2D eigenvalue weighted by Crippen LogP contribution is 2.26. The molecular formula is C19H23N5O3. The fourth-order valence-electron chi connectivity index (χ4n) is 3.30. The summed E-state index contributed by atoms with van der Waals surface area (Å²) in [5.74, 6) is 0.273. The first-order valence-corrected chi connectivity index (χ1v) is 9.20. The Labute approximate surface area is 157 Å². The van der Waals surface area contributed by atoms with Crippen LogP contribution in [0.3, 0.4) is 0 Å². The van der Waals surface area contributed by atoms with Crippen molar-refractivity contribution in [2.75, 3.05) is 6.54 Å². The summed E-state index contributed by atoms with van der Waals surface area (Å²) in [6.07, 6.45) is 5.49. The number of ether oxygens (including phenoxy) is 1. The predicted molar refractivity (Wildman–Crippen MR) is 97.2 cm³/mol. The molecule has 0 bridgehead atoms. The highest BCUT2D eigenvalue weighted by Gasteiger charge is 2.43. The normalized spacial score (nSPS) is 21.9. The van der Waals surface area contributed by atoms with Crippen molar-refractivity contribution in [1.29, 1.82) is 0 Å². The van der Waals surface area contributed by atoms with Gasteiger partial charge in [-0.3, -0.25) is 19.3 Å². The van der Waals surface area contributed by atoms with Gasteiger partial charge in [-0.25, -0.2) is 0 Å². The van der Waals surface area contributed by atoms with Crippen LogP contribution in [0.15, 0.2) is 30.6 Å². The van der Waals surface area contributed by atoms with E-state index in [-0.39, 0.29) is 24.0 Å². The van der Waals surface area contributed by atoms with Gasteiger partial charge < -0.3 is 15.0 Å². The summed E-state index contributed by atoms with van der Waals surface area (Å²) in [6.45, 7) is 2.23. The van der Waals surface area contributed by atoms with Crippen LogP contribution in [-0.2, 0) is 11.8 Å². The predicted octanol–water partition coefficient (Wildman–Crippen LogP) is 1.06. The Morgan fingerprint density at radius 1 is 1.33 bits per heavy atom. The summed E-state index contributed by atoms with van der Waals surface area (Å²) in [6, 6.07) is 5.04. The molecule has 1 N–H and O–H groups in total. The molecule has 142 valence electrons. The third-order valence-corrected chi connectivity index (χ3v) is 5.02. The molecule has 2 aromatic rings. The Hall–Kier alpha value is -2.90. The van der Waals surface area contributed by atoms with Gasteiger partial charge in [0.2, 0.25) is 5.91 Å². The van der Waals surface area contributed by atoms with Crippen LogP contribution in [0.4, 0.5) is 0 Å². The van der Waals surface area contributed by atoms with E-state index in [0.717, 1.165) is 18.5 Å². The van der Waals surface area contributed by atoms with Gasteiger partial charge in [-0.15, -0.1) is 0 Å². The minimum Gasteiger partial charge on any atom is -0.487 e. The maximum absolute atomic E-state index is 13.0. The molecule has 0 unspecified atom stereocenters. The van der Waals surface area contributed by atoms with E-state index in [1.165, 1.54) is 0 Å². The van der Waals surface area contributed by atoms with Crippen LogP contribution >= 0.6 is 0 Å². The maximum Gasteiger partial charge on any atom is 0.275 e. The molecular weight excluding hydrogens is 346 g/mol. The van der Waals surface area contributed by atoms with Crippen LogP contribution < -0.4 is 10.1 Å². The van der Waals surface area contributed by atoms with E-state index in [4.69, 9.17) is 4.74 Å². The number of aryl methyl sites for hydroxylation is 2. The second-order valence-corrected chi connectivity index (χ2v) is 7.22. The van der Waals surface area contributed by atoms with Crippen molar-refractivity contribution in [1.82, 2.24) is 25.0 Å². The van der Waals surface area contributed by atoms with E-state index in [1.54, 1.807) is 41.2 Å². The van der Waals surface area contributed by atoms with Crippen LogP contribution in [0, 0.1) is 6.92 Å². The summed E-state index contributed by atoms with van der Waals surface area (Å²) in [5, 5.41) is 7.28. The van der Waals surface area contributed by atoms with Crippen molar-refractivity contribution in [3.05, 3.63) is 42.0 Å². The van der Waals surface area contributed by atoms with Gasteiger partial charge in [-0.1, -0.05) is 0 Å². The number of rotatable bonds is 5. The number of hydrogen-bond donors (Lipinski definition) is 1. The molecule has 0 spiro atoms. The lowest BCUT2D eigenvalue weighted by atomic mass is 10.1. The Morgan fingerprint density at radius 3 is 2.78 bits per heavy atom. The van der Waals surface area contributed by atoms with Gasteiger partial charge in [0.15, 0.2) is 5.69 Å². The maximum atomic E-state index is 13.0. The monoisotopic (exact) mass is 369 g/mol. The second kappa shape index (κ2) is 7.02. The van der Waals surface area contributed by atoms with Crippen LogP contribution in [0.1, 0.15) is 35.4 Å². The van der Waals surface area contributed by atoms with Crippen LogP contribution in [0.5, 0.6) is 5.75 Å². The fraction of sp³-hybridized carbons (Fsp3) is 0.474. The van der Waals surface area contributed by atoms with E-state index in [1.807, 2.05) is 13.0 Å². The lowest BCUT2D eigenvalue weighted by molar-refractivity contribution is -0.125. The second-order valence-electron chi connectivity index (χ2n) is 7.22. The molecule has 2 aromatic heterocycles. The number of carbonyl (C=O) groups excluding carboxylic acids is 2. The summed E-state index contributed by atoms with van der Waals surface area (Å²) in [7, 11) is 1.79. The van der Waals surface area contributed by atoms with E-state index in [2.05, 4.69) is 15.4 Å². The molecule has 27 heavy (non-hydrogen) atoms. The van der Waals surface area contributed by atoms with Crippen molar-refractivity contribution in [3.8, 4) is 5.75 Å². The molecule has 2 aliphatic rings. The van der Waals surface area contributed by atoms with Crippen LogP contribution in [0.25, 0.3) is 0 Å². The number of aromatic nitrogens is 3. The van der Waals surface area contributed by atoms with E-state index >= 15 is 0 Å². The molecule has 1 saturated heterocycles. The third kappa shape index (κ3) is 3.79. The number of hydrogen-bond acceptors (Lipinski definition) is 5. The minimum absolute atomic E-state index is 0.115. The molecule has 1 aliphatic carbocycles. The van der Waals surface area contributed by atoms with Crippen molar-refractivity contribution in [3.63, 3.8) is 0 Å². The highest BCUT2D eigenvalue weighted by molar-refractivity contribution is 5.96. The Bertz CT molecular complexity index is 827. The first kappa shape index (κ1) is 17.5. The molecule has 1 aliphatic heterocycles. The molecule has 4 rings (SSSR count). The standard InChI is InChI=1S/C19H23N5O3/c1-12-8-16(22-23(12)2)19(26)24-11-15(27-14-4-3-7-20-10-14)9-17(24)18(25)21-13-5-6-13/h3-4,7-8,10,13,15,17H,5-6,9,11H2,1-2H3,(H,21,25)/t15-,17-/m0/s1. The van der Waals surface area contributed by atoms with Crippen LogP contribution in [0.2, 0.25) is 0 Å². The number of pyridine rings is 1. The van der Waals surface area contributed by atoms with Gasteiger partial charge in [0, 0.05) is 31.4 Å². The van der Waals surface area contributed by atoms with Gasteiger partial charge in [0.1, 0.15) is 17.9 Å². The van der Waals surface area contributed by atoms with Gasteiger partial charge in [0.05, 0.1) is 12.7 Å². The first-order chi connectivity index (χ1) is 13.0. The zero-order valence-electron chi connectivity index (χ0n) is 15.5. The number of likely N-dealkylation sites (tertiary alicyclic amines) is 1. The van der Waals surface area contributed by atoms with E-state index in [0.29, 0.717) is 24.4 Å². The average Bonchev–Trinajstić information content (AvgIpc) is 3.27. The minimum atomic E-state index is -0.554. The topological polar surface area (TPSA) is 89.3 Å². The summed E-state index contributed by atoms with van der Waals surface area (Å²) < 4.78 is 7.62. The largest absolute Gasteiger partial charge is 0.487 e. The van der Waals surface area contributed by atoms with Gasteiger partial charge in [0.25, 0.3) is 5.91 Å². The molecule has 3 heterocycles. The summed E-state index contributed by atoms with van der Waals surface area (Å²) >= 11 is 0. The van der Waals surface area contributed by atoms with Crippen LogP contribution in [-0.4, -0.2) is 56.2 Å². The lowest BCUT2D eigenvalue weighted by Gasteiger charge is -2.22. The average molecular weight is 369 g/mol. The van der Waals surface area contributed by atoms with E-state index < -0.39 is 6.04 Å². The van der Waals surface area contributed by atoms with Gasteiger partial charge >= 0.3 is 0 Å². The SMILES string of the molecule is Cc1cc(C(=O)N2C[C@@H](Oc3cccnc3)C[C@H]2C(=O)NC2CC2)nn1C. The molecule has 2 atom stereocenters. The van der Waals surface area contributed by atoms with Crippen molar-refractivity contribution in [2.45, 2.75) is 44.4 Å². The zero-order chi connectivity index (χ0) is 19.0. The quantitative estimate of drug-likeness (QED) is 0.851. The molecule has 1 saturated carbocycles. The molecule has 0 radical (unpaired) electrons. The van der Waals surface area contributed by atoms with E-state index in [9.17, 15) is 9.59 Å². The zero-order valence-corrected chi connectivity index (χ0v) is 15.5. The molecule has 2 amide bonds. The van der Waals surface area contributed by atoms with Gasteiger partial charge in [-0.05, 0) is 38.0 Å².